The van der Waals surface area contributed by atoms with Gasteiger partial charge in [-0.05, 0) is 32.6 Å². The van der Waals surface area contributed by atoms with E-state index in [1.807, 2.05) is 14.0 Å². The first-order valence-corrected chi connectivity index (χ1v) is 5.36. The molecule has 78 valence electrons. The van der Waals surface area contributed by atoms with Crippen molar-refractivity contribution in [3.8, 4) is 0 Å². The van der Waals surface area contributed by atoms with Gasteiger partial charge in [0.05, 0.1) is 5.69 Å². The van der Waals surface area contributed by atoms with E-state index >= 15 is 0 Å². The van der Waals surface area contributed by atoms with E-state index in [1.54, 1.807) is 4.68 Å². The zero-order valence-corrected chi connectivity index (χ0v) is 9.43. The SMILES string of the molecule is Cc1nn(C)c(Cl)c1CCC1(N)CC1. The van der Waals surface area contributed by atoms with Gasteiger partial charge in [0.15, 0.2) is 0 Å². The normalized spacial score (nSPS) is 18.6. The van der Waals surface area contributed by atoms with Gasteiger partial charge in [0, 0.05) is 18.2 Å². The molecule has 14 heavy (non-hydrogen) atoms. The predicted molar refractivity (Wildman–Crippen MR) is 57.4 cm³/mol. The van der Waals surface area contributed by atoms with Crippen molar-refractivity contribution in [3.05, 3.63) is 16.4 Å². The Morgan fingerprint density at radius 1 is 1.57 bits per heavy atom. The van der Waals surface area contributed by atoms with Gasteiger partial charge < -0.3 is 5.73 Å². The first kappa shape index (κ1) is 9.99. The second-order valence-corrected chi connectivity index (χ2v) is 4.70. The van der Waals surface area contributed by atoms with Crippen LogP contribution >= 0.6 is 11.6 Å². The van der Waals surface area contributed by atoms with Crippen molar-refractivity contribution in [2.24, 2.45) is 12.8 Å². The molecule has 1 aromatic heterocycles. The molecule has 2 rings (SSSR count). The van der Waals surface area contributed by atoms with Crippen LogP contribution in [0.5, 0.6) is 0 Å². The maximum absolute atomic E-state index is 6.12. The van der Waals surface area contributed by atoms with Gasteiger partial charge in [0.25, 0.3) is 0 Å². The highest BCUT2D eigenvalue weighted by molar-refractivity contribution is 6.30. The lowest BCUT2D eigenvalue weighted by atomic mass is 10.1. The molecule has 1 fully saturated rings. The molecule has 3 nitrogen and oxygen atoms in total. The topological polar surface area (TPSA) is 43.8 Å². The van der Waals surface area contributed by atoms with Gasteiger partial charge in [-0.1, -0.05) is 11.6 Å². The molecule has 2 N–H and O–H groups in total. The number of nitrogens with zero attached hydrogens (tertiary/aromatic N) is 2. The van der Waals surface area contributed by atoms with E-state index in [1.165, 1.54) is 0 Å². The zero-order valence-electron chi connectivity index (χ0n) is 8.68. The third-order valence-corrected chi connectivity index (χ3v) is 3.51. The lowest BCUT2D eigenvalue weighted by molar-refractivity contribution is 0.608. The minimum absolute atomic E-state index is 0.103. The fourth-order valence-corrected chi connectivity index (χ4v) is 2.01. The maximum Gasteiger partial charge on any atom is 0.130 e. The molecule has 1 aliphatic carbocycles. The van der Waals surface area contributed by atoms with Crippen molar-refractivity contribution < 1.29 is 0 Å². The van der Waals surface area contributed by atoms with Crippen molar-refractivity contribution in [1.82, 2.24) is 9.78 Å². The van der Waals surface area contributed by atoms with Gasteiger partial charge in [-0.25, -0.2) is 0 Å². The van der Waals surface area contributed by atoms with Crippen LogP contribution in [-0.2, 0) is 13.5 Å². The van der Waals surface area contributed by atoms with Crippen molar-refractivity contribution in [1.29, 1.82) is 0 Å². The molecule has 0 spiro atoms. The summed E-state index contributed by atoms with van der Waals surface area (Å²) in [6.07, 6.45) is 4.29. The predicted octanol–water partition coefficient (Wildman–Crippen LogP) is 1.81. The van der Waals surface area contributed by atoms with Gasteiger partial charge in [0.2, 0.25) is 0 Å². The molecule has 0 bridgehead atoms. The molecule has 0 radical (unpaired) electrons. The summed E-state index contributed by atoms with van der Waals surface area (Å²) in [5.74, 6) is 0. The second kappa shape index (κ2) is 3.24. The minimum atomic E-state index is 0.103. The van der Waals surface area contributed by atoms with Crippen LogP contribution in [0.1, 0.15) is 30.5 Å². The highest BCUT2D eigenvalue weighted by atomic mass is 35.5. The monoisotopic (exact) mass is 213 g/mol. The summed E-state index contributed by atoms with van der Waals surface area (Å²) in [5.41, 5.74) is 8.32. The zero-order chi connectivity index (χ0) is 10.3. The maximum atomic E-state index is 6.12. The van der Waals surface area contributed by atoms with Crippen molar-refractivity contribution in [2.45, 2.75) is 38.1 Å². The summed E-state index contributed by atoms with van der Waals surface area (Å²) in [6, 6.07) is 0. The summed E-state index contributed by atoms with van der Waals surface area (Å²) in [5, 5.41) is 5.03. The van der Waals surface area contributed by atoms with Crippen LogP contribution in [0.4, 0.5) is 0 Å². The second-order valence-electron chi connectivity index (χ2n) is 4.34. The Balaban J connectivity index is 2.08. The van der Waals surface area contributed by atoms with Gasteiger partial charge in [-0.15, -0.1) is 0 Å². The number of aryl methyl sites for hydroxylation is 2. The molecule has 4 heteroatoms. The molecule has 0 unspecified atom stereocenters. The molecule has 0 atom stereocenters. The van der Waals surface area contributed by atoms with Crippen LogP contribution in [0.3, 0.4) is 0 Å². The summed E-state index contributed by atoms with van der Waals surface area (Å²) in [4.78, 5) is 0. The third-order valence-electron chi connectivity index (χ3n) is 3.03. The van der Waals surface area contributed by atoms with E-state index in [-0.39, 0.29) is 5.54 Å². The Kier molecular flexibility index (Phi) is 2.32. The van der Waals surface area contributed by atoms with Gasteiger partial charge in [-0.2, -0.15) is 5.10 Å². The number of rotatable bonds is 3. The first-order chi connectivity index (χ1) is 6.52. The molecule has 1 aromatic rings. The Hall–Kier alpha value is -0.540. The fraction of sp³-hybridized carbons (Fsp3) is 0.700. The largest absolute Gasteiger partial charge is 0.325 e. The van der Waals surface area contributed by atoms with Crippen LogP contribution in [0.25, 0.3) is 0 Å². The number of halogens is 1. The molecule has 1 heterocycles. The lowest BCUT2D eigenvalue weighted by Gasteiger charge is -2.07. The molecule has 1 saturated carbocycles. The Labute approximate surface area is 89.2 Å². The average Bonchev–Trinajstić information content (AvgIpc) is 2.78. The van der Waals surface area contributed by atoms with Crippen LogP contribution in [-0.4, -0.2) is 15.3 Å². The molecule has 0 aliphatic heterocycles. The van der Waals surface area contributed by atoms with E-state index in [9.17, 15) is 0 Å². The fourth-order valence-electron chi connectivity index (χ4n) is 1.74. The van der Waals surface area contributed by atoms with Crippen molar-refractivity contribution >= 4 is 11.6 Å². The number of hydrogen-bond donors (Lipinski definition) is 1. The van der Waals surface area contributed by atoms with Crippen LogP contribution in [0.15, 0.2) is 0 Å². The van der Waals surface area contributed by atoms with Gasteiger partial charge >= 0.3 is 0 Å². The smallest absolute Gasteiger partial charge is 0.130 e. The van der Waals surface area contributed by atoms with Crippen LogP contribution in [0.2, 0.25) is 5.15 Å². The minimum Gasteiger partial charge on any atom is -0.325 e. The third kappa shape index (κ3) is 1.79. The quantitative estimate of drug-likeness (QED) is 0.832. The Bertz CT molecular complexity index is 352. The lowest BCUT2D eigenvalue weighted by Crippen LogP contribution is -2.22. The number of hydrogen-bond acceptors (Lipinski definition) is 2. The van der Waals surface area contributed by atoms with E-state index in [2.05, 4.69) is 5.10 Å². The van der Waals surface area contributed by atoms with E-state index in [4.69, 9.17) is 17.3 Å². The van der Waals surface area contributed by atoms with Crippen molar-refractivity contribution in [2.75, 3.05) is 0 Å². The molecule has 0 amide bonds. The van der Waals surface area contributed by atoms with E-state index in [0.29, 0.717) is 0 Å². The van der Waals surface area contributed by atoms with Gasteiger partial charge in [0.1, 0.15) is 5.15 Å². The average molecular weight is 214 g/mol. The summed E-state index contributed by atoms with van der Waals surface area (Å²) in [6.45, 7) is 2.00. The number of nitrogens with two attached hydrogens (primary N) is 1. The summed E-state index contributed by atoms with van der Waals surface area (Å²) < 4.78 is 1.72. The van der Waals surface area contributed by atoms with Crippen LogP contribution in [0, 0.1) is 6.92 Å². The van der Waals surface area contributed by atoms with Crippen LogP contribution < -0.4 is 5.73 Å². The molecule has 0 aromatic carbocycles. The highest BCUT2D eigenvalue weighted by Gasteiger charge is 2.37. The Morgan fingerprint density at radius 3 is 2.64 bits per heavy atom. The number of aromatic nitrogens is 2. The van der Waals surface area contributed by atoms with Crippen molar-refractivity contribution in [3.63, 3.8) is 0 Å². The molecular formula is C10H16ClN3. The summed E-state index contributed by atoms with van der Waals surface area (Å²) >= 11 is 6.12. The molecule has 0 saturated heterocycles. The first-order valence-electron chi connectivity index (χ1n) is 4.99. The highest BCUT2D eigenvalue weighted by Crippen LogP contribution is 2.37. The summed E-state index contributed by atoms with van der Waals surface area (Å²) in [7, 11) is 1.87. The molecule has 1 aliphatic rings. The van der Waals surface area contributed by atoms with E-state index in [0.717, 1.165) is 42.1 Å². The van der Waals surface area contributed by atoms with E-state index < -0.39 is 0 Å². The molecular weight excluding hydrogens is 198 g/mol. The Morgan fingerprint density at radius 2 is 2.21 bits per heavy atom. The van der Waals surface area contributed by atoms with Gasteiger partial charge in [-0.3, -0.25) is 4.68 Å². The standard InChI is InChI=1S/C10H16ClN3/c1-7-8(9(11)14(2)13-7)3-4-10(12)5-6-10/h3-6,12H2,1-2H3.